The van der Waals surface area contributed by atoms with Crippen molar-refractivity contribution in [2.24, 2.45) is 11.8 Å². The summed E-state index contributed by atoms with van der Waals surface area (Å²) in [4.78, 5) is 40.0. The summed E-state index contributed by atoms with van der Waals surface area (Å²) in [7, 11) is 0. The Kier molecular flexibility index (Phi) is 2.64. The normalized spacial score (nSPS) is 30.5. The molecule has 2 fully saturated rings. The van der Waals surface area contributed by atoms with E-state index in [0.717, 1.165) is 11.1 Å². The molecule has 3 aliphatic carbocycles. The quantitative estimate of drug-likeness (QED) is 0.760. The Labute approximate surface area is 139 Å². The van der Waals surface area contributed by atoms with E-state index in [1.165, 1.54) is 4.90 Å². The maximum Gasteiger partial charge on any atom is 0.238 e. The molecule has 1 saturated carbocycles. The van der Waals surface area contributed by atoms with Crippen LogP contribution in [-0.2, 0) is 14.4 Å². The highest BCUT2D eigenvalue weighted by Gasteiger charge is 2.62. The molecule has 4 nitrogen and oxygen atoms in total. The molecule has 6 rings (SSSR count). The molecule has 0 spiro atoms. The first-order valence-corrected chi connectivity index (χ1v) is 8.23. The van der Waals surface area contributed by atoms with E-state index in [9.17, 15) is 14.4 Å². The predicted octanol–water partition coefficient (Wildman–Crippen LogP) is 2.65. The first-order valence-electron chi connectivity index (χ1n) is 8.23. The molecule has 118 valence electrons. The van der Waals surface area contributed by atoms with Crippen molar-refractivity contribution in [3.63, 3.8) is 0 Å². The van der Waals surface area contributed by atoms with E-state index in [4.69, 9.17) is 0 Å². The standard InChI is InChI=1S/C20H15NO3/c22-15-10-14-12-8-4-5-9-13(12)16(15)18-17(14)19(23)21(20(18)24)11-6-2-1-3-7-11/h1-9,14,16-18H,10H2/t14-,16-,17+,18+/m1/s1. The molecule has 2 bridgehead atoms. The minimum atomic E-state index is -0.543. The average Bonchev–Trinajstić information content (AvgIpc) is 2.88. The number of hydrogen-bond acceptors (Lipinski definition) is 3. The van der Waals surface area contributed by atoms with Crippen LogP contribution in [0.15, 0.2) is 54.6 Å². The Morgan fingerprint density at radius 1 is 0.750 bits per heavy atom. The Morgan fingerprint density at radius 3 is 2.12 bits per heavy atom. The van der Waals surface area contributed by atoms with Crippen LogP contribution in [0.25, 0.3) is 0 Å². The van der Waals surface area contributed by atoms with Crippen molar-refractivity contribution < 1.29 is 14.4 Å². The van der Waals surface area contributed by atoms with Gasteiger partial charge in [-0.25, -0.2) is 0 Å². The third kappa shape index (κ3) is 1.55. The number of carbonyl (C=O) groups is 3. The molecule has 1 aliphatic heterocycles. The van der Waals surface area contributed by atoms with Gasteiger partial charge >= 0.3 is 0 Å². The van der Waals surface area contributed by atoms with Crippen molar-refractivity contribution >= 4 is 23.3 Å². The van der Waals surface area contributed by atoms with Gasteiger partial charge in [-0.3, -0.25) is 19.3 Å². The van der Waals surface area contributed by atoms with E-state index in [1.54, 1.807) is 12.1 Å². The minimum Gasteiger partial charge on any atom is -0.299 e. The number of fused-ring (bicyclic) bond motifs is 1. The minimum absolute atomic E-state index is 0.0935. The zero-order valence-corrected chi connectivity index (χ0v) is 12.9. The SMILES string of the molecule is O=C1C[C@@H]2c3ccccc3[C@H]1[C@@H]1C(=O)N(c3ccccc3)C(=O)[C@H]12. The third-order valence-electron chi connectivity index (χ3n) is 5.70. The topological polar surface area (TPSA) is 54.5 Å². The van der Waals surface area contributed by atoms with E-state index < -0.39 is 17.8 Å². The maximum absolute atomic E-state index is 13.1. The zero-order valence-electron chi connectivity index (χ0n) is 12.9. The lowest BCUT2D eigenvalue weighted by atomic mass is 9.56. The number of hydrogen-bond donors (Lipinski definition) is 0. The number of Topliss-reactive ketones (excluding diaryl/α,β-unsaturated/α-hetero) is 1. The van der Waals surface area contributed by atoms with Gasteiger partial charge in [0.1, 0.15) is 5.78 Å². The summed E-state index contributed by atoms with van der Waals surface area (Å²) in [6, 6.07) is 16.8. The molecule has 4 atom stereocenters. The second-order valence-electron chi connectivity index (χ2n) is 6.78. The molecule has 2 aromatic carbocycles. The van der Waals surface area contributed by atoms with Gasteiger partial charge in [-0.05, 0) is 23.3 Å². The molecule has 4 heteroatoms. The van der Waals surface area contributed by atoms with Crippen LogP contribution in [0.4, 0.5) is 5.69 Å². The number of ketones is 1. The van der Waals surface area contributed by atoms with Crippen molar-refractivity contribution in [3.05, 3.63) is 65.7 Å². The van der Waals surface area contributed by atoms with Crippen LogP contribution in [-0.4, -0.2) is 17.6 Å². The summed E-state index contributed by atoms with van der Waals surface area (Å²) >= 11 is 0. The molecule has 1 saturated heterocycles. The Morgan fingerprint density at radius 2 is 1.38 bits per heavy atom. The lowest BCUT2D eigenvalue weighted by Gasteiger charge is -2.43. The van der Waals surface area contributed by atoms with E-state index in [0.29, 0.717) is 12.1 Å². The number of anilines is 1. The molecule has 2 amide bonds. The second-order valence-corrected chi connectivity index (χ2v) is 6.78. The smallest absolute Gasteiger partial charge is 0.238 e. The molecule has 2 aromatic rings. The Hall–Kier alpha value is -2.75. The number of imide groups is 1. The van der Waals surface area contributed by atoms with Crippen LogP contribution in [0.3, 0.4) is 0 Å². The number of nitrogens with zero attached hydrogens (tertiary/aromatic N) is 1. The number of benzene rings is 2. The van der Waals surface area contributed by atoms with E-state index in [-0.39, 0.29) is 23.5 Å². The van der Waals surface area contributed by atoms with Gasteiger partial charge in [0.05, 0.1) is 23.4 Å². The fourth-order valence-corrected chi connectivity index (χ4v) is 4.79. The van der Waals surface area contributed by atoms with E-state index in [2.05, 4.69) is 0 Å². The fourth-order valence-electron chi connectivity index (χ4n) is 4.79. The zero-order chi connectivity index (χ0) is 16.4. The van der Waals surface area contributed by atoms with Crippen molar-refractivity contribution in [3.8, 4) is 0 Å². The molecule has 0 N–H and O–H groups in total. The van der Waals surface area contributed by atoms with Gasteiger partial charge in [0.15, 0.2) is 0 Å². The fraction of sp³-hybridized carbons (Fsp3) is 0.250. The number of carbonyl (C=O) groups excluding carboxylic acids is 3. The first kappa shape index (κ1) is 13.7. The van der Waals surface area contributed by atoms with Crippen molar-refractivity contribution in [2.75, 3.05) is 4.90 Å². The Bertz CT molecular complexity index is 889. The predicted molar refractivity (Wildman–Crippen MR) is 87.5 cm³/mol. The number of para-hydroxylation sites is 1. The third-order valence-corrected chi connectivity index (χ3v) is 5.70. The van der Waals surface area contributed by atoms with Crippen LogP contribution in [0.1, 0.15) is 29.4 Å². The molecular weight excluding hydrogens is 302 g/mol. The molecule has 0 aromatic heterocycles. The summed E-state index contributed by atoms with van der Waals surface area (Å²) in [6.45, 7) is 0. The van der Waals surface area contributed by atoms with Crippen LogP contribution in [0, 0.1) is 11.8 Å². The summed E-state index contributed by atoms with van der Waals surface area (Å²) < 4.78 is 0. The molecule has 24 heavy (non-hydrogen) atoms. The summed E-state index contributed by atoms with van der Waals surface area (Å²) in [5.74, 6) is -1.89. The summed E-state index contributed by atoms with van der Waals surface area (Å²) in [5, 5.41) is 0. The van der Waals surface area contributed by atoms with Crippen molar-refractivity contribution in [1.82, 2.24) is 0 Å². The average molecular weight is 317 g/mol. The maximum atomic E-state index is 13.1. The van der Waals surface area contributed by atoms with Gasteiger partial charge in [0, 0.05) is 12.3 Å². The highest BCUT2D eigenvalue weighted by atomic mass is 16.2. The lowest BCUT2D eigenvalue weighted by Crippen LogP contribution is -2.44. The first-order chi connectivity index (χ1) is 11.7. The van der Waals surface area contributed by atoms with Gasteiger partial charge in [-0.1, -0.05) is 42.5 Å². The molecular formula is C20H15NO3. The highest BCUT2D eigenvalue weighted by molar-refractivity contribution is 6.24. The van der Waals surface area contributed by atoms with E-state index >= 15 is 0 Å². The molecule has 1 heterocycles. The molecule has 0 radical (unpaired) electrons. The highest BCUT2D eigenvalue weighted by Crippen LogP contribution is 2.57. The van der Waals surface area contributed by atoms with E-state index in [1.807, 2.05) is 42.5 Å². The van der Waals surface area contributed by atoms with Crippen LogP contribution in [0.2, 0.25) is 0 Å². The molecule has 4 aliphatic rings. The van der Waals surface area contributed by atoms with Crippen LogP contribution < -0.4 is 4.90 Å². The van der Waals surface area contributed by atoms with Gasteiger partial charge in [0.25, 0.3) is 0 Å². The lowest BCUT2D eigenvalue weighted by molar-refractivity contribution is -0.134. The van der Waals surface area contributed by atoms with Gasteiger partial charge in [0.2, 0.25) is 11.8 Å². The summed E-state index contributed by atoms with van der Waals surface area (Å²) in [5.41, 5.74) is 2.60. The van der Waals surface area contributed by atoms with Gasteiger partial charge in [-0.2, -0.15) is 0 Å². The van der Waals surface area contributed by atoms with Crippen molar-refractivity contribution in [1.29, 1.82) is 0 Å². The molecule has 0 unspecified atom stereocenters. The number of amides is 2. The van der Waals surface area contributed by atoms with Gasteiger partial charge < -0.3 is 0 Å². The Balaban J connectivity index is 1.68. The van der Waals surface area contributed by atoms with Gasteiger partial charge in [-0.15, -0.1) is 0 Å². The number of rotatable bonds is 1. The largest absolute Gasteiger partial charge is 0.299 e. The van der Waals surface area contributed by atoms with Crippen molar-refractivity contribution in [2.45, 2.75) is 18.3 Å². The monoisotopic (exact) mass is 317 g/mol. The summed E-state index contributed by atoms with van der Waals surface area (Å²) in [6.07, 6.45) is 0.366. The second kappa shape index (κ2) is 4.63. The van der Waals surface area contributed by atoms with Crippen LogP contribution in [0.5, 0.6) is 0 Å². The van der Waals surface area contributed by atoms with Crippen LogP contribution >= 0.6 is 0 Å².